The van der Waals surface area contributed by atoms with Gasteiger partial charge in [0.25, 0.3) is 5.91 Å². The fourth-order valence-corrected chi connectivity index (χ4v) is 2.21. The molecule has 1 amide bonds. The number of nitriles is 1. The molecule has 0 bridgehead atoms. The SMILES string of the molecule is N#Cc1ccc(C(=O)NCCNc2ccc(-n3cccc3)nn2)cc1. The van der Waals surface area contributed by atoms with E-state index in [-0.39, 0.29) is 5.91 Å². The number of carbonyl (C=O) groups is 1. The maximum Gasteiger partial charge on any atom is 0.251 e. The van der Waals surface area contributed by atoms with Gasteiger partial charge in [0.1, 0.15) is 5.82 Å². The lowest BCUT2D eigenvalue weighted by Gasteiger charge is -2.08. The monoisotopic (exact) mass is 332 g/mol. The Balaban J connectivity index is 1.45. The summed E-state index contributed by atoms with van der Waals surface area (Å²) < 4.78 is 1.87. The Morgan fingerprint density at radius 3 is 2.44 bits per heavy atom. The molecule has 0 saturated carbocycles. The van der Waals surface area contributed by atoms with Gasteiger partial charge in [-0.1, -0.05) is 0 Å². The number of hydrogen-bond donors (Lipinski definition) is 2. The lowest BCUT2D eigenvalue weighted by atomic mass is 10.1. The van der Waals surface area contributed by atoms with E-state index in [0.717, 1.165) is 5.82 Å². The fourth-order valence-electron chi connectivity index (χ4n) is 2.21. The summed E-state index contributed by atoms with van der Waals surface area (Å²) in [5, 5.41) is 22.9. The van der Waals surface area contributed by atoms with Crippen LogP contribution >= 0.6 is 0 Å². The van der Waals surface area contributed by atoms with Crippen molar-refractivity contribution in [1.29, 1.82) is 5.26 Å². The highest BCUT2D eigenvalue weighted by molar-refractivity contribution is 5.94. The number of hydrogen-bond acceptors (Lipinski definition) is 5. The number of amides is 1. The topological polar surface area (TPSA) is 95.6 Å². The van der Waals surface area contributed by atoms with Crippen molar-refractivity contribution in [2.75, 3.05) is 18.4 Å². The number of carbonyl (C=O) groups excluding carboxylic acids is 1. The Kier molecular flexibility index (Phi) is 5.02. The Morgan fingerprint density at radius 2 is 1.80 bits per heavy atom. The average Bonchev–Trinajstić information content (AvgIpc) is 3.20. The van der Waals surface area contributed by atoms with Gasteiger partial charge in [0.15, 0.2) is 5.82 Å². The normalized spacial score (nSPS) is 10.0. The van der Waals surface area contributed by atoms with E-state index in [1.165, 1.54) is 0 Å². The number of nitrogens with one attached hydrogen (secondary N) is 2. The summed E-state index contributed by atoms with van der Waals surface area (Å²) in [4.78, 5) is 12.0. The molecule has 25 heavy (non-hydrogen) atoms. The van der Waals surface area contributed by atoms with Gasteiger partial charge in [0.05, 0.1) is 11.6 Å². The molecule has 124 valence electrons. The van der Waals surface area contributed by atoms with Crippen LogP contribution in [-0.4, -0.2) is 33.8 Å². The Labute approximate surface area is 144 Å². The van der Waals surface area contributed by atoms with Crippen LogP contribution in [0.25, 0.3) is 5.82 Å². The van der Waals surface area contributed by atoms with Gasteiger partial charge in [0.2, 0.25) is 0 Å². The third kappa shape index (κ3) is 4.20. The van der Waals surface area contributed by atoms with E-state index in [1.54, 1.807) is 24.3 Å². The van der Waals surface area contributed by atoms with E-state index in [9.17, 15) is 4.79 Å². The molecule has 2 aromatic heterocycles. The Bertz CT molecular complexity index is 863. The van der Waals surface area contributed by atoms with Gasteiger partial charge in [-0.3, -0.25) is 4.79 Å². The number of aromatic nitrogens is 3. The van der Waals surface area contributed by atoms with Crippen molar-refractivity contribution >= 4 is 11.7 Å². The molecule has 3 rings (SSSR count). The summed E-state index contributed by atoms with van der Waals surface area (Å²) in [6.45, 7) is 0.972. The van der Waals surface area contributed by atoms with Crippen LogP contribution in [0.1, 0.15) is 15.9 Å². The largest absolute Gasteiger partial charge is 0.367 e. The highest BCUT2D eigenvalue weighted by Gasteiger charge is 2.04. The molecule has 2 heterocycles. The van der Waals surface area contributed by atoms with Crippen LogP contribution in [0.2, 0.25) is 0 Å². The van der Waals surface area contributed by atoms with Crippen LogP contribution < -0.4 is 10.6 Å². The molecule has 0 aliphatic heterocycles. The maximum absolute atomic E-state index is 12.0. The van der Waals surface area contributed by atoms with Crippen molar-refractivity contribution in [3.8, 4) is 11.9 Å². The molecule has 0 aliphatic rings. The first-order valence-electron chi connectivity index (χ1n) is 7.75. The first kappa shape index (κ1) is 16.2. The molecule has 1 aromatic carbocycles. The van der Waals surface area contributed by atoms with Gasteiger partial charge in [-0.2, -0.15) is 5.26 Å². The molecule has 0 saturated heterocycles. The lowest BCUT2D eigenvalue weighted by Crippen LogP contribution is -2.28. The quantitative estimate of drug-likeness (QED) is 0.673. The van der Waals surface area contributed by atoms with E-state index >= 15 is 0 Å². The molecular formula is C18H16N6O. The first-order valence-corrected chi connectivity index (χ1v) is 7.75. The number of nitrogens with zero attached hydrogens (tertiary/aromatic N) is 4. The maximum atomic E-state index is 12.0. The Hall–Kier alpha value is -3.66. The van der Waals surface area contributed by atoms with E-state index in [4.69, 9.17) is 5.26 Å². The zero-order valence-corrected chi connectivity index (χ0v) is 13.4. The van der Waals surface area contributed by atoms with Gasteiger partial charge in [0, 0.05) is 31.0 Å². The second-order valence-corrected chi connectivity index (χ2v) is 5.24. The zero-order chi connectivity index (χ0) is 17.5. The van der Waals surface area contributed by atoms with Gasteiger partial charge in [-0.15, -0.1) is 10.2 Å². The molecule has 0 spiro atoms. The van der Waals surface area contributed by atoms with Crippen molar-refractivity contribution in [3.63, 3.8) is 0 Å². The molecule has 3 aromatic rings. The lowest BCUT2D eigenvalue weighted by molar-refractivity contribution is 0.0955. The molecule has 0 fully saturated rings. The number of anilines is 1. The Morgan fingerprint density at radius 1 is 1.04 bits per heavy atom. The van der Waals surface area contributed by atoms with Gasteiger partial charge < -0.3 is 15.2 Å². The van der Waals surface area contributed by atoms with Crippen molar-refractivity contribution in [2.24, 2.45) is 0 Å². The van der Waals surface area contributed by atoms with Crippen LogP contribution in [0.3, 0.4) is 0 Å². The standard InChI is InChI=1S/C18H16N6O/c19-13-14-3-5-15(6-4-14)18(25)21-10-9-20-16-7-8-17(23-22-16)24-11-1-2-12-24/h1-8,11-12H,9-10H2,(H,20,22)(H,21,25). The van der Waals surface area contributed by atoms with Gasteiger partial charge in [-0.25, -0.2) is 0 Å². The summed E-state index contributed by atoms with van der Waals surface area (Å²) in [6, 6.07) is 16.1. The molecule has 2 N–H and O–H groups in total. The second kappa shape index (κ2) is 7.75. The van der Waals surface area contributed by atoms with E-state index in [1.807, 2.05) is 47.3 Å². The minimum Gasteiger partial charge on any atom is -0.367 e. The number of benzene rings is 1. The van der Waals surface area contributed by atoms with Gasteiger partial charge in [-0.05, 0) is 48.5 Å². The molecule has 7 nitrogen and oxygen atoms in total. The van der Waals surface area contributed by atoms with Crippen LogP contribution in [-0.2, 0) is 0 Å². The summed E-state index contributed by atoms with van der Waals surface area (Å²) in [5.74, 6) is 1.20. The highest BCUT2D eigenvalue weighted by Crippen LogP contribution is 2.06. The molecular weight excluding hydrogens is 316 g/mol. The molecule has 0 atom stereocenters. The van der Waals surface area contributed by atoms with Gasteiger partial charge >= 0.3 is 0 Å². The van der Waals surface area contributed by atoms with Crippen LogP contribution in [0, 0.1) is 11.3 Å². The fraction of sp³-hybridized carbons (Fsp3) is 0.111. The van der Waals surface area contributed by atoms with Crippen LogP contribution in [0.5, 0.6) is 0 Å². The van der Waals surface area contributed by atoms with Crippen LogP contribution in [0.4, 0.5) is 5.82 Å². The smallest absolute Gasteiger partial charge is 0.251 e. The second-order valence-electron chi connectivity index (χ2n) is 5.24. The molecule has 0 radical (unpaired) electrons. The van der Waals surface area contributed by atoms with E-state index in [0.29, 0.717) is 30.0 Å². The predicted molar refractivity (Wildman–Crippen MR) is 93.3 cm³/mol. The molecule has 0 unspecified atom stereocenters. The first-order chi connectivity index (χ1) is 12.3. The third-order valence-corrected chi connectivity index (χ3v) is 3.51. The van der Waals surface area contributed by atoms with E-state index in [2.05, 4.69) is 20.8 Å². The summed E-state index contributed by atoms with van der Waals surface area (Å²) in [5.41, 5.74) is 1.05. The average molecular weight is 332 g/mol. The molecule has 0 aliphatic carbocycles. The summed E-state index contributed by atoms with van der Waals surface area (Å²) >= 11 is 0. The minimum atomic E-state index is -0.180. The predicted octanol–water partition coefficient (Wildman–Crippen LogP) is 1.98. The minimum absolute atomic E-state index is 0.180. The highest BCUT2D eigenvalue weighted by atomic mass is 16.1. The van der Waals surface area contributed by atoms with Crippen LogP contribution in [0.15, 0.2) is 60.9 Å². The molecule has 7 heteroatoms. The van der Waals surface area contributed by atoms with Crippen molar-refractivity contribution in [3.05, 3.63) is 72.1 Å². The summed E-state index contributed by atoms with van der Waals surface area (Å²) in [7, 11) is 0. The third-order valence-electron chi connectivity index (χ3n) is 3.51. The van der Waals surface area contributed by atoms with Crippen molar-refractivity contribution in [2.45, 2.75) is 0 Å². The van der Waals surface area contributed by atoms with Crippen molar-refractivity contribution in [1.82, 2.24) is 20.1 Å². The zero-order valence-electron chi connectivity index (χ0n) is 13.4. The van der Waals surface area contributed by atoms with Crippen molar-refractivity contribution < 1.29 is 4.79 Å². The number of rotatable bonds is 6. The summed E-state index contributed by atoms with van der Waals surface area (Å²) in [6.07, 6.45) is 3.80. The van der Waals surface area contributed by atoms with E-state index < -0.39 is 0 Å².